The Morgan fingerprint density at radius 1 is 1.11 bits per heavy atom. The van der Waals surface area contributed by atoms with E-state index in [1.54, 1.807) is 11.1 Å². The van der Waals surface area contributed by atoms with Crippen molar-refractivity contribution in [3.05, 3.63) is 11.1 Å². The van der Waals surface area contributed by atoms with Gasteiger partial charge in [-0.05, 0) is 11.1 Å². The summed E-state index contributed by atoms with van der Waals surface area (Å²) in [7, 11) is 0. The first-order valence-corrected chi connectivity index (χ1v) is 6.17. The quantitative estimate of drug-likeness (QED) is 0.550. The van der Waals surface area contributed by atoms with E-state index in [1.807, 2.05) is 11.8 Å². The highest BCUT2D eigenvalue weighted by Crippen LogP contribution is 2.26. The topological polar surface area (TPSA) is 0 Å². The fraction of sp³-hybridized carbons (Fsp3) is 0.667. The van der Waals surface area contributed by atoms with Crippen molar-refractivity contribution in [1.82, 2.24) is 0 Å². The van der Waals surface area contributed by atoms with Crippen molar-refractivity contribution in [2.24, 2.45) is 0 Å². The van der Waals surface area contributed by atoms with Crippen LogP contribution in [-0.4, -0.2) is 22.2 Å². The molecule has 0 aliphatic carbocycles. The molecule has 9 heavy (non-hydrogen) atoms. The van der Waals surface area contributed by atoms with E-state index in [2.05, 4.69) is 31.9 Å². The Hall–Kier alpha value is 1.05. The average Bonchev–Trinajstić information content (AvgIpc) is 2.33. The van der Waals surface area contributed by atoms with Gasteiger partial charge in [-0.3, -0.25) is 0 Å². The van der Waals surface area contributed by atoms with Crippen LogP contribution in [0.2, 0.25) is 0 Å². The molecular formula is C6H8Br2S. The zero-order chi connectivity index (χ0) is 6.69. The van der Waals surface area contributed by atoms with Crippen molar-refractivity contribution in [2.75, 3.05) is 22.2 Å². The predicted octanol–water partition coefficient (Wildman–Crippen LogP) is 2.82. The van der Waals surface area contributed by atoms with Crippen LogP contribution in [0.1, 0.15) is 0 Å². The molecule has 0 aromatic heterocycles. The van der Waals surface area contributed by atoms with Gasteiger partial charge < -0.3 is 0 Å². The molecule has 0 radical (unpaired) electrons. The molecule has 0 fully saturated rings. The third-order valence-corrected chi connectivity index (χ3v) is 3.83. The first kappa shape index (κ1) is 8.15. The molecule has 0 N–H and O–H groups in total. The lowest BCUT2D eigenvalue weighted by Crippen LogP contribution is -1.89. The average molecular weight is 272 g/mol. The molecule has 0 aromatic rings. The lowest BCUT2D eigenvalue weighted by molar-refractivity contribution is 1.33. The molecule has 1 rings (SSSR count). The summed E-state index contributed by atoms with van der Waals surface area (Å²) in [6, 6.07) is 0. The third kappa shape index (κ3) is 1.99. The van der Waals surface area contributed by atoms with Gasteiger partial charge in [0.2, 0.25) is 0 Å². The van der Waals surface area contributed by atoms with Gasteiger partial charge in [-0.15, -0.1) is 0 Å². The summed E-state index contributed by atoms with van der Waals surface area (Å²) in [4.78, 5) is 0. The van der Waals surface area contributed by atoms with Gasteiger partial charge in [-0.25, -0.2) is 0 Å². The van der Waals surface area contributed by atoms with E-state index >= 15 is 0 Å². The molecule has 0 amide bonds. The Balaban J connectivity index is 2.59. The standard InChI is InChI=1S/C6H8Br2S/c7-1-5-3-9-4-6(5)2-8/h1-4H2. The van der Waals surface area contributed by atoms with E-state index < -0.39 is 0 Å². The summed E-state index contributed by atoms with van der Waals surface area (Å²) in [6.07, 6.45) is 0. The molecule has 1 aliphatic rings. The fourth-order valence-electron chi connectivity index (χ4n) is 0.768. The van der Waals surface area contributed by atoms with Crippen LogP contribution < -0.4 is 0 Å². The minimum atomic E-state index is 1.06. The number of alkyl halides is 2. The van der Waals surface area contributed by atoms with Gasteiger partial charge in [0.05, 0.1) is 0 Å². The third-order valence-electron chi connectivity index (χ3n) is 1.38. The molecule has 1 heterocycles. The second kappa shape index (κ2) is 4.04. The first-order chi connectivity index (χ1) is 4.38. The molecule has 0 bridgehead atoms. The summed E-state index contributed by atoms with van der Waals surface area (Å²) >= 11 is 8.94. The van der Waals surface area contributed by atoms with Gasteiger partial charge in [0, 0.05) is 22.2 Å². The van der Waals surface area contributed by atoms with Crippen LogP contribution in [0.4, 0.5) is 0 Å². The molecule has 52 valence electrons. The molecule has 0 spiro atoms. The fourth-order valence-corrected chi connectivity index (χ4v) is 3.69. The highest BCUT2D eigenvalue weighted by Gasteiger charge is 2.11. The molecular weight excluding hydrogens is 264 g/mol. The van der Waals surface area contributed by atoms with Gasteiger partial charge in [0.1, 0.15) is 0 Å². The van der Waals surface area contributed by atoms with Crippen LogP contribution in [0.25, 0.3) is 0 Å². The van der Waals surface area contributed by atoms with Crippen LogP contribution in [0.3, 0.4) is 0 Å². The minimum Gasteiger partial charge on any atom is -0.153 e. The van der Waals surface area contributed by atoms with Gasteiger partial charge >= 0.3 is 0 Å². The maximum atomic E-state index is 3.47. The SMILES string of the molecule is BrCC1=C(CBr)CSC1. The summed E-state index contributed by atoms with van der Waals surface area (Å²) in [5.41, 5.74) is 3.16. The molecule has 1 aliphatic heterocycles. The zero-order valence-corrected chi connectivity index (χ0v) is 8.98. The number of hydrogen-bond donors (Lipinski definition) is 0. The van der Waals surface area contributed by atoms with Crippen molar-refractivity contribution in [2.45, 2.75) is 0 Å². The molecule has 0 aromatic carbocycles. The molecule has 0 atom stereocenters. The largest absolute Gasteiger partial charge is 0.153 e. The normalized spacial score (nSPS) is 19.3. The predicted molar refractivity (Wildman–Crippen MR) is 51.9 cm³/mol. The van der Waals surface area contributed by atoms with Gasteiger partial charge in [0.25, 0.3) is 0 Å². The molecule has 0 nitrogen and oxygen atoms in total. The second-order valence-corrected chi connectivity index (χ2v) is 4.07. The second-order valence-electron chi connectivity index (χ2n) is 1.97. The molecule has 3 heteroatoms. The summed E-state index contributed by atoms with van der Waals surface area (Å²) < 4.78 is 0. The monoisotopic (exact) mass is 270 g/mol. The van der Waals surface area contributed by atoms with E-state index in [0.717, 1.165) is 10.7 Å². The molecule has 0 unspecified atom stereocenters. The van der Waals surface area contributed by atoms with E-state index in [1.165, 1.54) is 11.5 Å². The summed E-state index contributed by atoms with van der Waals surface area (Å²) in [5, 5.41) is 2.11. The van der Waals surface area contributed by atoms with Crippen LogP contribution >= 0.6 is 43.6 Å². The highest BCUT2D eigenvalue weighted by molar-refractivity contribution is 9.09. The Morgan fingerprint density at radius 3 is 1.89 bits per heavy atom. The van der Waals surface area contributed by atoms with Crippen LogP contribution in [0.15, 0.2) is 11.1 Å². The Kier molecular flexibility index (Phi) is 3.66. The van der Waals surface area contributed by atoms with Crippen molar-refractivity contribution in [1.29, 1.82) is 0 Å². The summed E-state index contributed by atoms with van der Waals surface area (Å²) in [5.74, 6) is 2.46. The number of halogens is 2. The number of thioether (sulfide) groups is 1. The highest BCUT2D eigenvalue weighted by atomic mass is 79.9. The lowest BCUT2D eigenvalue weighted by Gasteiger charge is -1.95. The van der Waals surface area contributed by atoms with Crippen LogP contribution in [-0.2, 0) is 0 Å². The van der Waals surface area contributed by atoms with E-state index in [-0.39, 0.29) is 0 Å². The van der Waals surface area contributed by atoms with Gasteiger partial charge in [-0.2, -0.15) is 11.8 Å². The maximum Gasteiger partial charge on any atom is 0.0253 e. The van der Waals surface area contributed by atoms with E-state index in [0.29, 0.717) is 0 Å². The minimum absolute atomic E-state index is 1.06. The van der Waals surface area contributed by atoms with Crippen molar-refractivity contribution < 1.29 is 0 Å². The summed E-state index contributed by atoms with van der Waals surface area (Å²) in [6.45, 7) is 0. The van der Waals surface area contributed by atoms with Gasteiger partial charge in [0.15, 0.2) is 0 Å². The van der Waals surface area contributed by atoms with E-state index in [9.17, 15) is 0 Å². The zero-order valence-electron chi connectivity index (χ0n) is 4.99. The molecule has 0 saturated carbocycles. The van der Waals surface area contributed by atoms with Crippen LogP contribution in [0.5, 0.6) is 0 Å². The number of hydrogen-bond acceptors (Lipinski definition) is 1. The first-order valence-electron chi connectivity index (χ1n) is 2.78. The van der Waals surface area contributed by atoms with E-state index in [4.69, 9.17) is 0 Å². The molecule has 0 saturated heterocycles. The Morgan fingerprint density at radius 2 is 1.56 bits per heavy atom. The smallest absolute Gasteiger partial charge is 0.0253 e. The maximum absolute atomic E-state index is 3.47. The van der Waals surface area contributed by atoms with Crippen molar-refractivity contribution in [3.63, 3.8) is 0 Å². The van der Waals surface area contributed by atoms with Gasteiger partial charge in [-0.1, -0.05) is 31.9 Å². The van der Waals surface area contributed by atoms with Crippen molar-refractivity contribution >= 4 is 43.6 Å². The Bertz CT molecular complexity index is 117. The van der Waals surface area contributed by atoms with Crippen LogP contribution in [0, 0.1) is 0 Å². The Labute approximate surface area is 76.7 Å². The number of rotatable bonds is 2. The van der Waals surface area contributed by atoms with Crippen molar-refractivity contribution in [3.8, 4) is 0 Å². The lowest BCUT2D eigenvalue weighted by atomic mass is 10.2.